The first-order valence-electron chi connectivity index (χ1n) is 5.40. The van der Waals surface area contributed by atoms with Crippen LogP contribution >= 0.6 is 0 Å². The second-order valence-corrected chi connectivity index (χ2v) is 3.98. The van der Waals surface area contributed by atoms with Crippen molar-refractivity contribution in [3.63, 3.8) is 0 Å². The predicted molar refractivity (Wildman–Crippen MR) is 58.3 cm³/mol. The van der Waals surface area contributed by atoms with Gasteiger partial charge in [-0.05, 0) is 32.0 Å². The number of rotatable bonds is 2. The van der Waals surface area contributed by atoms with Crippen molar-refractivity contribution < 1.29 is 36.6 Å². The Morgan fingerprint density at radius 3 is 2.25 bits per heavy atom. The van der Waals surface area contributed by atoms with Crippen LogP contribution in [0.5, 0.6) is 5.75 Å². The molecule has 0 aliphatic heterocycles. The van der Waals surface area contributed by atoms with E-state index in [1.54, 1.807) is 0 Å². The first-order chi connectivity index (χ1) is 9.11. The van der Waals surface area contributed by atoms with Gasteiger partial charge in [0.2, 0.25) is 0 Å². The molecule has 0 amide bonds. The lowest BCUT2D eigenvalue weighted by atomic mass is 10.2. The molecule has 4 nitrogen and oxygen atoms in total. The number of carbonyl (C=O) groups is 2. The second-order valence-electron chi connectivity index (χ2n) is 3.98. The second kappa shape index (κ2) is 5.89. The van der Waals surface area contributed by atoms with Crippen LogP contribution < -0.4 is 4.74 Å². The van der Waals surface area contributed by atoms with Crippen molar-refractivity contribution >= 4 is 11.9 Å². The molecule has 1 rings (SSSR count). The molecule has 0 aromatic heterocycles. The minimum absolute atomic E-state index is 0.288. The molecule has 110 valence electrons. The Bertz CT molecular complexity index is 523. The van der Waals surface area contributed by atoms with Crippen LogP contribution in [-0.4, -0.2) is 18.0 Å². The van der Waals surface area contributed by atoms with E-state index in [1.807, 2.05) is 0 Å². The standard InChI is InChI=1S/C12H10F4O4/c1-6(2)19-10(17)11(18)20-7-3-4-9(13)8(5-7)12(14,15)16/h3-6H,1-2H3. The number of hydrogen-bond donors (Lipinski definition) is 0. The molecule has 0 aliphatic rings. The van der Waals surface area contributed by atoms with E-state index in [4.69, 9.17) is 0 Å². The monoisotopic (exact) mass is 294 g/mol. The highest BCUT2D eigenvalue weighted by atomic mass is 19.4. The van der Waals surface area contributed by atoms with Gasteiger partial charge >= 0.3 is 18.1 Å². The van der Waals surface area contributed by atoms with Crippen LogP contribution in [0.15, 0.2) is 18.2 Å². The number of halogens is 4. The Kier molecular flexibility index (Phi) is 4.69. The van der Waals surface area contributed by atoms with Gasteiger partial charge in [-0.15, -0.1) is 0 Å². The maximum Gasteiger partial charge on any atom is 0.422 e. The van der Waals surface area contributed by atoms with Crippen LogP contribution in [-0.2, 0) is 20.5 Å². The summed E-state index contributed by atoms with van der Waals surface area (Å²) in [5.41, 5.74) is -1.60. The summed E-state index contributed by atoms with van der Waals surface area (Å²) in [6.45, 7) is 2.95. The molecule has 0 N–H and O–H groups in total. The van der Waals surface area contributed by atoms with E-state index in [0.29, 0.717) is 6.07 Å². The van der Waals surface area contributed by atoms with Crippen LogP contribution in [0.4, 0.5) is 17.6 Å². The Morgan fingerprint density at radius 2 is 1.75 bits per heavy atom. The molecule has 0 saturated heterocycles. The van der Waals surface area contributed by atoms with Crippen molar-refractivity contribution in [1.82, 2.24) is 0 Å². The fraction of sp³-hybridized carbons (Fsp3) is 0.333. The van der Waals surface area contributed by atoms with Crippen molar-refractivity contribution in [3.8, 4) is 5.75 Å². The summed E-state index contributed by atoms with van der Waals surface area (Å²) in [7, 11) is 0. The molecule has 0 atom stereocenters. The summed E-state index contributed by atoms with van der Waals surface area (Å²) in [5.74, 6) is -4.96. The van der Waals surface area contributed by atoms with Crippen molar-refractivity contribution in [3.05, 3.63) is 29.6 Å². The topological polar surface area (TPSA) is 52.6 Å². The van der Waals surface area contributed by atoms with Crippen LogP contribution in [0.3, 0.4) is 0 Å². The highest BCUT2D eigenvalue weighted by molar-refractivity contribution is 6.30. The Hall–Kier alpha value is -2.12. The molecule has 20 heavy (non-hydrogen) atoms. The Balaban J connectivity index is 2.89. The van der Waals surface area contributed by atoms with E-state index in [-0.39, 0.29) is 6.07 Å². The number of alkyl halides is 3. The molecule has 0 bridgehead atoms. The summed E-state index contributed by atoms with van der Waals surface area (Å²) in [6, 6.07) is 1.57. The van der Waals surface area contributed by atoms with Crippen LogP contribution in [0.1, 0.15) is 19.4 Å². The summed E-state index contributed by atoms with van der Waals surface area (Å²) in [4.78, 5) is 22.3. The minimum atomic E-state index is -4.94. The Morgan fingerprint density at radius 1 is 1.15 bits per heavy atom. The van der Waals surface area contributed by atoms with Gasteiger partial charge in [0.15, 0.2) is 0 Å². The van der Waals surface area contributed by atoms with Crippen molar-refractivity contribution in [2.24, 2.45) is 0 Å². The molecule has 0 saturated carbocycles. The lowest BCUT2D eigenvalue weighted by Gasteiger charge is -2.10. The molecule has 0 unspecified atom stereocenters. The lowest BCUT2D eigenvalue weighted by molar-refractivity contribution is -0.164. The van der Waals surface area contributed by atoms with Gasteiger partial charge in [0.25, 0.3) is 0 Å². The van der Waals surface area contributed by atoms with Crippen LogP contribution in [0, 0.1) is 5.82 Å². The van der Waals surface area contributed by atoms with Gasteiger partial charge < -0.3 is 9.47 Å². The maximum absolute atomic E-state index is 13.0. The maximum atomic E-state index is 13.0. The number of esters is 2. The smallest absolute Gasteiger partial charge is 0.422 e. The van der Waals surface area contributed by atoms with E-state index in [9.17, 15) is 27.2 Å². The molecule has 0 fully saturated rings. The van der Waals surface area contributed by atoms with E-state index < -0.39 is 41.3 Å². The normalized spacial score (nSPS) is 11.3. The first kappa shape index (κ1) is 15.9. The quantitative estimate of drug-likeness (QED) is 0.364. The average Bonchev–Trinajstić information content (AvgIpc) is 2.29. The molecule has 1 aromatic carbocycles. The largest absolute Gasteiger partial charge is 0.455 e. The SMILES string of the molecule is CC(C)OC(=O)C(=O)Oc1ccc(F)c(C(F)(F)F)c1. The number of ether oxygens (including phenoxy) is 2. The lowest BCUT2D eigenvalue weighted by Crippen LogP contribution is -2.25. The molecular formula is C12H10F4O4. The predicted octanol–water partition coefficient (Wildman–Crippen LogP) is 2.70. The van der Waals surface area contributed by atoms with Gasteiger partial charge in [0.05, 0.1) is 11.7 Å². The summed E-state index contributed by atoms with van der Waals surface area (Å²) >= 11 is 0. The molecule has 8 heteroatoms. The fourth-order valence-electron chi connectivity index (χ4n) is 1.20. The Labute approximate surface area is 111 Å². The third-order valence-electron chi connectivity index (χ3n) is 1.96. The summed E-state index contributed by atoms with van der Waals surface area (Å²) in [6.07, 6.45) is -5.53. The highest BCUT2D eigenvalue weighted by Gasteiger charge is 2.34. The number of carbonyl (C=O) groups excluding carboxylic acids is 2. The van der Waals surface area contributed by atoms with E-state index in [1.165, 1.54) is 13.8 Å². The first-order valence-corrected chi connectivity index (χ1v) is 5.40. The van der Waals surface area contributed by atoms with Crippen molar-refractivity contribution in [2.75, 3.05) is 0 Å². The molecule has 0 aliphatic carbocycles. The minimum Gasteiger partial charge on any atom is -0.455 e. The zero-order chi connectivity index (χ0) is 15.5. The van der Waals surface area contributed by atoms with Gasteiger partial charge in [0.1, 0.15) is 11.6 Å². The molecule has 0 radical (unpaired) electrons. The zero-order valence-electron chi connectivity index (χ0n) is 10.5. The van der Waals surface area contributed by atoms with Gasteiger partial charge in [0, 0.05) is 0 Å². The third kappa shape index (κ3) is 4.22. The number of hydrogen-bond acceptors (Lipinski definition) is 4. The van der Waals surface area contributed by atoms with Gasteiger partial charge in [-0.1, -0.05) is 0 Å². The average molecular weight is 294 g/mol. The summed E-state index contributed by atoms with van der Waals surface area (Å²) < 4.78 is 59.1. The third-order valence-corrected chi connectivity index (χ3v) is 1.96. The van der Waals surface area contributed by atoms with E-state index in [2.05, 4.69) is 9.47 Å². The van der Waals surface area contributed by atoms with Crippen LogP contribution in [0.25, 0.3) is 0 Å². The highest BCUT2D eigenvalue weighted by Crippen LogP contribution is 2.33. The van der Waals surface area contributed by atoms with E-state index >= 15 is 0 Å². The van der Waals surface area contributed by atoms with Gasteiger partial charge in [-0.3, -0.25) is 0 Å². The molecule has 1 aromatic rings. The van der Waals surface area contributed by atoms with Crippen LogP contribution in [0.2, 0.25) is 0 Å². The van der Waals surface area contributed by atoms with E-state index in [0.717, 1.165) is 6.07 Å². The van der Waals surface area contributed by atoms with Crippen molar-refractivity contribution in [1.29, 1.82) is 0 Å². The van der Waals surface area contributed by atoms with Gasteiger partial charge in [-0.2, -0.15) is 13.2 Å². The fourth-order valence-corrected chi connectivity index (χ4v) is 1.20. The summed E-state index contributed by atoms with van der Waals surface area (Å²) in [5, 5.41) is 0. The zero-order valence-corrected chi connectivity index (χ0v) is 10.5. The van der Waals surface area contributed by atoms with Gasteiger partial charge in [-0.25, -0.2) is 14.0 Å². The van der Waals surface area contributed by atoms with Crippen molar-refractivity contribution in [2.45, 2.75) is 26.1 Å². The molecule has 0 spiro atoms. The number of benzene rings is 1. The molecule has 0 heterocycles. The molecular weight excluding hydrogens is 284 g/mol.